The molecule has 7 heteroatoms. The van der Waals surface area contributed by atoms with E-state index in [0.717, 1.165) is 62.2 Å². The Hall–Kier alpha value is -2.41. The molecule has 1 aliphatic rings. The first-order chi connectivity index (χ1) is 13.2. The van der Waals surface area contributed by atoms with E-state index in [-0.39, 0.29) is 0 Å². The summed E-state index contributed by atoms with van der Waals surface area (Å²) in [5.74, 6) is 2.78. The standard InChI is InChI=1S/C20H30N6O/c1-4-21-20(25-11-8-18(9-12-25)27-5-2)24-15-17-6-7-19(23-14-17)26-13-10-22-16(26)3/h6-7,10,13-14,18H,4-5,8-9,11-12,15H2,1-3H3,(H,21,24). The van der Waals surface area contributed by atoms with Crippen LogP contribution < -0.4 is 5.32 Å². The Morgan fingerprint density at radius 2 is 2.07 bits per heavy atom. The quantitative estimate of drug-likeness (QED) is 0.625. The lowest BCUT2D eigenvalue weighted by Crippen LogP contribution is -2.47. The first-order valence-corrected chi connectivity index (χ1v) is 9.81. The minimum absolute atomic E-state index is 0.387. The number of rotatable bonds is 6. The molecular formula is C20H30N6O. The zero-order valence-corrected chi connectivity index (χ0v) is 16.6. The monoisotopic (exact) mass is 370 g/mol. The number of imidazole rings is 1. The fraction of sp³-hybridized carbons (Fsp3) is 0.550. The third-order valence-electron chi connectivity index (χ3n) is 4.77. The molecule has 0 aliphatic carbocycles. The fourth-order valence-electron chi connectivity index (χ4n) is 3.33. The number of nitrogens with one attached hydrogen (secondary N) is 1. The van der Waals surface area contributed by atoms with Crippen LogP contribution in [0.2, 0.25) is 0 Å². The number of hydrogen-bond donors (Lipinski definition) is 1. The zero-order valence-electron chi connectivity index (χ0n) is 16.6. The molecule has 0 bridgehead atoms. The SMILES string of the molecule is CCNC(=NCc1ccc(-n2ccnc2C)nc1)N1CCC(OCC)CC1. The van der Waals surface area contributed by atoms with Gasteiger partial charge in [-0.2, -0.15) is 0 Å². The molecule has 0 radical (unpaired) electrons. The Morgan fingerprint density at radius 1 is 1.26 bits per heavy atom. The van der Waals surface area contributed by atoms with Gasteiger partial charge in [-0.15, -0.1) is 0 Å². The molecule has 0 unspecified atom stereocenters. The van der Waals surface area contributed by atoms with Gasteiger partial charge in [0.25, 0.3) is 0 Å². The van der Waals surface area contributed by atoms with Crippen molar-refractivity contribution in [1.29, 1.82) is 0 Å². The third kappa shape index (κ3) is 5.07. The molecule has 1 N–H and O–H groups in total. The molecule has 3 heterocycles. The van der Waals surface area contributed by atoms with Crippen molar-refractivity contribution in [3.63, 3.8) is 0 Å². The lowest BCUT2D eigenvalue weighted by molar-refractivity contribution is 0.0263. The number of hydrogen-bond acceptors (Lipinski definition) is 4. The molecule has 0 amide bonds. The maximum atomic E-state index is 5.75. The summed E-state index contributed by atoms with van der Waals surface area (Å²) in [5, 5.41) is 3.41. The second-order valence-electron chi connectivity index (χ2n) is 6.68. The van der Waals surface area contributed by atoms with E-state index in [1.54, 1.807) is 6.20 Å². The highest BCUT2D eigenvalue weighted by Gasteiger charge is 2.21. The average Bonchev–Trinajstić information content (AvgIpc) is 3.12. The van der Waals surface area contributed by atoms with Gasteiger partial charge in [0, 0.05) is 44.8 Å². The van der Waals surface area contributed by atoms with E-state index < -0.39 is 0 Å². The molecule has 0 spiro atoms. The Balaban J connectivity index is 1.62. The number of pyridine rings is 1. The number of likely N-dealkylation sites (tertiary alicyclic amines) is 1. The van der Waals surface area contributed by atoms with Crippen LogP contribution in [-0.4, -0.2) is 57.7 Å². The highest BCUT2D eigenvalue weighted by Crippen LogP contribution is 2.14. The average molecular weight is 371 g/mol. The molecule has 7 nitrogen and oxygen atoms in total. The second kappa shape index (κ2) is 9.50. The van der Waals surface area contributed by atoms with Crippen LogP contribution in [0.5, 0.6) is 0 Å². The van der Waals surface area contributed by atoms with Crippen molar-refractivity contribution in [1.82, 2.24) is 24.8 Å². The van der Waals surface area contributed by atoms with Gasteiger partial charge in [-0.05, 0) is 45.2 Å². The van der Waals surface area contributed by atoms with Crippen LogP contribution in [0.4, 0.5) is 0 Å². The third-order valence-corrected chi connectivity index (χ3v) is 4.77. The highest BCUT2D eigenvalue weighted by atomic mass is 16.5. The number of aryl methyl sites for hydroxylation is 1. The lowest BCUT2D eigenvalue weighted by Gasteiger charge is -2.34. The molecule has 3 rings (SSSR count). The van der Waals surface area contributed by atoms with E-state index in [4.69, 9.17) is 9.73 Å². The van der Waals surface area contributed by atoms with E-state index in [2.05, 4.69) is 40.1 Å². The summed E-state index contributed by atoms with van der Waals surface area (Å²) in [6, 6.07) is 4.09. The molecule has 0 saturated carbocycles. The first-order valence-electron chi connectivity index (χ1n) is 9.81. The molecular weight excluding hydrogens is 340 g/mol. The van der Waals surface area contributed by atoms with Crippen molar-refractivity contribution in [2.75, 3.05) is 26.2 Å². The van der Waals surface area contributed by atoms with Crippen molar-refractivity contribution in [2.45, 2.75) is 46.3 Å². The Kier molecular flexibility index (Phi) is 6.81. The van der Waals surface area contributed by atoms with Crippen LogP contribution in [0.3, 0.4) is 0 Å². The van der Waals surface area contributed by atoms with Crippen LogP contribution in [-0.2, 0) is 11.3 Å². The number of ether oxygens (including phenoxy) is 1. The van der Waals surface area contributed by atoms with E-state index in [1.807, 2.05) is 30.0 Å². The topological polar surface area (TPSA) is 67.6 Å². The Labute approximate surface area is 161 Å². The Bertz CT molecular complexity index is 731. The fourth-order valence-corrected chi connectivity index (χ4v) is 3.33. The van der Waals surface area contributed by atoms with Crippen LogP contribution in [0.25, 0.3) is 5.82 Å². The molecule has 1 fully saturated rings. The summed E-state index contributed by atoms with van der Waals surface area (Å²) in [6.45, 7) is 10.4. The molecule has 146 valence electrons. The van der Waals surface area contributed by atoms with E-state index >= 15 is 0 Å². The van der Waals surface area contributed by atoms with Gasteiger partial charge < -0.3 is 15.0 Å². The van der Waals surface area contributed by atoms with Crippen molar-refractivity contribution < 1.29 is 4.74 Å². The minimum Gasteiger partial charge on any atom is -0.378 e. The van der Waals surface area contributed by atoms with Gasteiger partial charge in [0.05, 0.1) is 12.6 Å². The van der Waals surface area contributed by atoms with Crippen molar-refractivity contribution in [3.8, 4) is 5.82 Å². The molecule has 2 aromatic heterocycles. The molecule has 1 aliphatic heterocycles. The minimum atomic E-state index is 0.387. The predicted molar refractivity (Wildman–Crippen MR) is 107 cm³/mol. The summed E-state index contributed by atoms with van der Waals surface area (Å²) in [5.41, 5.74) is 1.09. The molecule has 1 saturated heterocycles. The molecule has 2 aromatic rings. The largest absolute Gasteiger partial charge is 0.378 e. The highest BCUT2D eigenvalue weighted by molar-refractivity contribution is 5.80. The van der Waals surface area contributed by atoms with Crippen molar-refractivity contribution in [2.24, 2.45) is 4.99 Å². The van der Waals surface area contributed by atoms with Gasteiger partial charge >= 0.3 is 0 Å². The summed E-state index contributed by atoms with van der Waals surface area (Å²) in [7, 11) is 0. The van der Waals surface area contributed by atoms with E-state index in [9.17, 15) is 0 Å². The predicted octanol–water partition coefficient (Wildman–Crippen LogP) is 2.54. The lowest BCUT2D eigenvalue weighted by atomic mass is 10.1. The van der Waals surface area contributed by atoms with Crippen molar-refractivity contribution in [3.05, 3.63) is 42.1 Å². The van der Waals surface area contributed by atoms with Gasteiger partial charge in [0.2, 0.25) is 0 Å². The summed E-state index contributed by atoms with van der Waals surface area (Å²) in [4.78, 5) is 15.9. The number of aromatic nitrogens is 3. The van der Waals surface area contributed by atoms with Gasteiger partial charge in [-0.3, -0.25) is 4.57 Å². The smallest absolute Gasteiger partial charge is 0.194 e. The van der Waals surface area contributed by atoms with Gasteiger partial charge in [-0.1, -0.05) is 6.07 Å². The first kappa shape index (κ1) is 19.4. The number of aliphatic imine (C=N–C) groups is 1. The van der Waals surface area contributed by atoms with Crippen molar-refractivity contribution >= 4 is 5.96 Å². The number of guanidine groups is 1. The van der Waals surface area contributed by atoms with Gasteiger partial charge in [0.15, 0.2) is 5.96 Å². The summed E-state index contributed by atoms with van der Waals surface area (Å²) < 4.78 is 7.72. The molecule has 27 heavy (non-hydrogen) atoms. The Morgan fingerprint density at radius 3 is 2.67 bits per heavy atom. The maximum absolute atomic E-state index is 5.75. The van der Waals surface area contributed by atoms with Crippen LogP contribution in [0, 0.1) is 6.92 Å². The maximum Gasteiger partial charge on any atom is 0.194 e. The number of nitrogens with zero attached hydrogens (tertiary/aromatic N) is 5. The van der Waals surface area contributed by atoms with E-state index in [0.29, 0.717) is 12.6 Å². The van der Waals surface area contributed by atoms with Gasteiger partial charge in [0.1, 0.15) is 11.6 Å². The summed E-state index contributed by atoms with van der Waals surface area (Å²) >= 11 is 0. The van der Waals surface area contributed by atoms with Crippen LogP contribution in [0.15, 0.2) is 35.7 Å². The summed E-state index contributed by atoms with van der Waals surface area (Å²) in [6.07, 6.45) is 8.09. The van der Waals surface area contributed by atoms with Crippen LogP contribution in [0.1, 0.15) is 38.1 Å². The van der Waals surface area contributed by atoms with Gasteiger partial charge in [-0.25, -0.2) is 15.0 Å². The number of piperidine rings is 1. The second-order valence-corrected chi connectivity index (χ2v) is 6.68. The molecule has 0 aromatic carbocycles. The van der Waals surface area contributed by atoms with E-state index in [1.165, 1.54) is 0 Å². The van der Waals surface area contributed by atoms with Crippen LogP contribution >= 0.6 is 0 Å². The zero-order chi connectivity index (χ0) is 19.1. The normalized spacial score (nSPS) is 16.0. The molecule has 0 atom stereocenters.